The van der Waals surface area contributed by atoms with Crippen molar-refractivity contribution in [3.8, 4) is 0 Å². The predicted molar refractivity (Wildman–Crippen MR) is 66.0 cm³/mol. The van der Waals surface area contributed by atoms with Crippen molar-refractivity contribution in [1.82, 2.24) is 5.32 Å². The van der Waals surface area contributed by atoms with E-state index in [0.717, 1.165) is 17.9 Å². The van der Waals surface area contributed by atoms with Gasteiger partial charge in [-0.3, -0.25) is 0 Å². The van der Waals surface area contributed by atoms with Crippen molar-refractivity contribution >= 4 is 0 Å². The van der Waals surface area contributed by atoms with E-state index in [-0.39, 0.29) is 0 Å². The minimum absolute atomic E-state index is 0.829. The molecule has 0 bridgehead atoms. The lowest BCUT2D eigenvalue weighted by atomic mass is 9.81. The molecule has 2 saturated carbocycles. The third-order valence-corrected chi connectivity index (χ3v) is 4.65. The Hall–Kier alpha value is -0.0400. The van der Waals surface area contributed by atoms with Gasteiger partial charge < -0.3 is 5.32 Å². The molecule has 0 aromatic heterocycles. The second kappa shape index (κ2) is 5.89. The minimum Gasteiger partial charge on any atom is -0.317 e. The quantitative estimate of drug-likeness (QED) is 0.744. The molecule has 0 spiro atoms. The Bertz CT molecular complexity index is 166. The van der Waals surface area contributed by atoms with Gasteiger partial charge in [-0.1, -0.05) is 44.9 Å². The van der Waals surface area contributed by atoms with E-state index >= 15 is 0 Å². The van der Waals surface area contributed by atoms with Gasteiger partial charge in [-0.25, -0.2) is 0 Å². The third kappa shape index (κ3) is 3.21. The summed E-state index contributed by atoms with van der Waals surface area (Å²) in [5, 5.41) is 3.59. The Morgan fingerprint density at radius 2 is 1.53 bits per heavy atom. The minimum atomic E-state index is 0.829. The highest BCUT2D eigenvalue weighted by molar-refractivity contribution is 4.82. The molecular weight excluding hydrogens is 182 g/mol. The number of rotatable bonds is 4. The molecule has 1 atom stereocenters. The molecular formula is C14H27N. The van der Waals surface area contributed by atoms with Crippen LogP contribution < -0.4 is 5.32 Å². The normalized spacial score (nSPS) is 27.0. The van der Waals surface area contributed by atoms with E-state index in [2.05, 4.69) is 12.4 Å². The molecule has 0 heterocycles. The Morgan fingerprint density at radius 1 is 0.933 bits per heavy atom. The van der Waals surface area contributed by atoms with Gasteiger partial charge in [0.15, 0.2) is 0 Å². The van der Waals surface area contributed by atoms with Gasteiger partial charge in [-0.2, -0.15) is 0 Å². The standard InChI is InChI=1S/C14H27N/c1-15-14(13-9-5-6-10-13)11-12-7-3-2-4-8-12/h12-15H,2-11H2,1H3. The fourth-order valence-corrected chi connectivity index (χ4v) is 3.69. The van der Waals surface area contributed by atoms with Gasteiger partial charge in [0.2, 0.25) is 0 Å². The molecule has 0 aliphatic heterocycles. The van der Waals surface area contributed by atoms with E-state index in [9.17, 15) is 0 Å². The van der Waals surface area contributed by atoms with Crippen molar-refractivity contribution in [1.29, 1.82) is 0 Å². The summed E-state index contributed by atoms with van der Waals surface area (Å²) < 4.78 is 0. The summed E-state index contributed by atoms with van der Waals surface area (Å²) in [5.74, 6) is 2.04. The maximum Gasteiger partial charge on any atom is 0.00949 e. The van der Waals surface area contributed by atoms with Crippen molar-refractivity contribution in [2.75, 3.05) is 7.05 Å². The van der Waals surface area contributed by atoms with Gasteiger partial charge in [-0.15, -0.1) is 0 Å². The highest BCUT2D eigenvalue weighted by Crippen LogP contribution is 2.34. The summed E-state index contributed by atoms with van der Waals surface area (Å²) in [6.07, 6.45) is 14.9. The lowest BCUT2D eigenvalue weighted by molar-refractivity contribution is 0.259. The topological polar surface area (TPSA) is 12.0 Å². The first-order chi connectivity index (χ1) is 7.40. The lowest BCUT2D eigenvalue weighted by Gasteiger charge is -2.29. The molecule has 0 aromatic rings. The van der Waals surface area contributed by atoms with E-state index in [1.54, 1.807) is 0 Å². The zero-order valence-electron chi connectivity index (χ0n) is 10.3. The predicted octanol–water partition coefficient (Wildman–Crippen LogP) is 3.74. The number of hydrogen-bond donors (Lipinski definition) is 1. The molecule has 1 unspecified atom stereocenters. The summed E-state index contributed by atoms with van der Waals surface area (Å²) in [5.41, 5.74) is 0. The van der Waals surface area contributed by atoms with E-state index in [1.807, 2.05) is 0 Å². The molecule has 1 nitrogen and oxygen atoms in total. The SMILES string of the molecule is CNC(CC1CCCCC1)C1CCCC1. The largest absolute Gasteiger partial charge is 0.317 e. The highest BCUT2D eigenvalue weighted by Gasteiger charge is 2.26. The average molecular weight is 209 g/mol. The van der Waals surface area contributed by atoms with Crippen LogP contribution in [0.3, 0.4) is 0 Å². The maximum absolute atomic E-state index is 3.59. The number of hydrogen-bond acceptors (Lipinski definition) is 1. The molecule has 0 saturated heterocycles. The molecule has 88 valence electrons. The van der Waals surface area contributed by atoms with Gasteiger partial charge in [0.05, 0.1) is 0 Å². The first-order valence-corrected chi connectivity index (χ1v) is 7.07. The summed E-state index contributed by atoms with van der Waals surface area (Å²) in [7, 11) is 2.17. The van der Waals surface area contributed by atoms with Gasteiger partial charge in [0.1, 0.15) is 0 Å². The lowest BCUT2D eigenvalue weighted by Crippen LogP contribution is -2.34. The van der Waals surface area contributed by atoms with Crippen LogP contribution in [0.5, 0.6) is 0 Å². The third-order valence-electron chi connectivity index (χ3n) is 4.65. The van der Waals surface area contributed by atoms with Crippen LogP contribution in [0.25, 0.3) is 0 Å². The number of nitrogens with one attached hydrogen (secondary N) is 1. The first-order valence-electron chi connectivity index (χ1n) is 7.07. The second-order valence-corrected chi connectivity index (χ2v) is 5.68. The summed E-state index contributed by atoms with van der Waals surface area (Å²) in [4.78, 5) is 0. The molecule has 0 aromatic carbocycles. The van der Waals surface area contributed by atoms with Crippen LogP contribution in [0.15, 0.2) is 0 Å². The monoisotopic (exact) mass is 209 g/mol. The molecule has 15 heavy (non-hydrogen) atoms. The van der Waals surface area contributed by atoms with Crippen LogP contribution in [-0.2, 0) is 0 Å². The van der Waals surface area contributed by atoms with Crippen LogP contribution >= 0.6 is 0 Å². The molecule has 1 heteroatoms. The fraction of sp³-hybridized carbons (Fsp3) is 1.00. The van der Waals surface area contributed by atoms with Gasteiger partial charge in [0.25, 0.3) is 0 Å². The molecule has 0 radical (unpaired) electrons. The van der Waals surface area contributed by atoms with Crippen molar-refractivity contribution < 1.29 is 0 Å². The Kier molecular flexibility index (Phi) is 4.49. The molecule has 2 aliphatic carbocycles. The fourth-order valence-electron chi connectivity index (χ4n) is 3.69. The molecule has 2 aliphatic rings. The van der Waals surface area contributed by atoms with Crippen LogP contribution in [0.4, 0.5) is 0 Å². The van der Waals surface area contributed by atoms with Crippen molar-refractivity contribution in [2.45, 2.75) is 70.3 Å². The Balaban J connectivity index is 1.78. The summed E-state index contributed by atoms with van der Waals surface area (Å²) in [6.45, 7) is 0. The first kappa shape index (κ1) is 11.4. The molecule has 2 fully saturated rings. The molecule has 1 N–H and O–H groups in total. The second-order valence-electron chi connectivity index (χ2n) is 5.68. The highest BCUT2D eigenvalue weighted by atomic mass is 14.9. The van der Waals surface area contributed by atoms with Gasteiger partial charge in [-0.05, 0) is 38.1 Å². The van der Waals surface area contributed by atoms with E-state index in [0.29, 0.717) is 0 Å². The summed E-state index contributed by atoms with van der Waals surface area (Å²) >= 11 is 0. The zero-order chi connectivity index (χ0) is 10.5. The average Bonchev–Trinajstić information content (AvgIpc) is 2.81. The van der Waals surface area contributed by atoms with Crippen molar-refractivity contribution in [3.05, 3.63) is 0 Å². The van der Waals surface area contributed by atoms with Gasteiger partial charge >= 0.3 is 0 Å². The molecule has 2 rings (SSSR count). The van der Waals surface area contributed by atoms with Crippen LogP contribution in [-0.4, -0.2) is 13.1 Å². The van der Waals surface area contributed by atoms with Crippen molar-refractivity contribution in [2.24, 2.45) is 11.8 Å². The Labute approximate surface area is 95.0 Å². The zero-order valence-corrected chi connectivity index (χ0v) is 10.3. The van der Waals surface area contributed by atoms with Crippen LogP contribution in [0, 0.1) is 11.8 Å². The molecule has 0 amide bonds. The van der Waals surface area contributed by atoms with Crippen LogP contribution in [0.1, 0.15) is 64.2 Å². The van der Waals surface area contributed by atoms with E-state index in [4.69, 9.17) is 0 Å². The van der Waals surface area contributed by atoms with Gasteiger partial charge in [0, 0.05) is 6.04 Å². The maximum atomic E-state index is 3.59. The van der Waals surface area contributed by atoms with Crippen LogP contribution in [0.2, 0.25) is 0 Å². The van der Waals surface area contributed by atoms with E-state index < -0.39 is 0 Å². The smallest absolute Gasteiger partial charge is 0.00949 e. The summed E-state index contributed by atoms with van der Waals surface area (Å²) in [6, 6.07) is 0.829. The van der Waals surface area contributed by atoms with E-state index in [1.165, 1.54) is 64.2 Å². The van der Waals surface area contributed by atoms with Crippen molar-refractivity contribution in [3.63, 3.8) is 0 Å². The Morgan fingerprint density at radius 3 is 2.13 bits per heavy atom.